The van der Waals surface area contributed by atoms with Gasteiger partial charge in [0.25, 0.3) is 0 Å². The van der Waals surface area contributed by atoms with Gasteiger partial charge in [-0.2, -0.15) is 0 Å². The highest BCUT2D eigenvalue weighted by Crippen LogP contribution is 2.30. The van der Waals surface area contributed by atoms with Gasteiger partial charge in [-0.25, -0.2) is 0 Å². The number of carbonyl (C=O) groups is 1. The van der Waals surface area contributed by atoms with E-state index in [2.05, 4.69) is 5.32 Å². The van der Waals surface area contributed by atoms with Crippen LogP contribution in [0.25, 0.3) is 6.08 Å². The van der Waals surface area contributed by atoms with E-state index in [9.17, 15) is 4.79 Å². The zero-order valence-electron chi connectivity index (χ0n) is 22.3. The van der Waals surface area contributed by atoms with Gasteiger partial charge in [-0.1, -0.05) is 72.8 Å². The van der Waals surface area contributed by atoms with Crippen molar-refractivity contribution in [3.63, 3.8) is 0 Å². The van der Waals surface area contributed by atoms with Crippen LogP contribution in [0.4, 0.5) is 0 Å². The van der Waals surface area contributed by atoms with Gasteiger partial charge in [0.2, 0.25) is 5.91 Å². The summed E-state index contributed by atoms with van der Waals surface area (Å²) in [5.41, 5.74) is 4.02. The highest BCUT2D eigenvalue weighted by molar-refractivity contribution is 5.91. The first-order valence-electron chi connectivity index (χ1n) is 12.8. The molecule has 0 bridgehead atoms. The molecule has 0 radical (unpaired) electrons. The first-order chi connectivity index (χ1) is 19.1. The highest BCUT2D eigenvalue weighted by atomic mass is 16.5. The first-order valence-corrected chi connectivity index (χ1v) is 12.8. The van der Waals surface area contributed by atoms with Crippen molar-refractivity contribution in [1.29, 1.82) is 0 Å². The predicted molar refractivity (Wildman–Crippen MR) is 153 cm³/mol. The lowest BCUT2D eigenvalue weighted by Gasteiger charge is -2.13. The fraction of sp³-hybridized carbons (Fsp3) is 0.182. The van der Waals surface area contributed by atoms with Gasteiger partial charge in [-0.3, -0.25) is 4.79 Å². The van der Waals surface area contributed by atoms with Gasteiger partial charge >= 0.3 is 0 Å². The van der Waals surface area contributed by atoms with Crippen molar-refractivity contribution in [2.24, 2.45) is 0 Å². The second kappa shape index (κ2) is 14.3. The number of amides is 1. The van der Waals surface area contributed by atoms with E-state index in [0.29, 0.717) is 49.2 Å². The molecule has 0 saturated carbocycles. The van der Waals surface area contributed by atoms with E-state index >= 15 is 0 Å². The third-order valence-electron chi connectivity index (χ3n) is 6.03. The molecular weight excluding hydrogens is 490 g/mol. The van der Waals surface area contributed by atoms with Gasteiger partial charge in [0.15, 0.2) is 23.0 Å². The Morgan fingerprint density at radius 3 is 1.82 bits per heavy atom. The van der Waals surface area contributed by atoms with Crippen molar-refractivity contribution in [2.45, 2.75) is 19.6 Å². The van der Waals surface area contributed by atoms with E-state index in [4.69, 9.17) is 18.9 Å². The molecule has 6 nitrogen and oxygen atoms in total. The molecule has 1 amide bonds. The summed E-state index contributed by atoms with van der Waals surface area (Å²) in [6.07, 6.45) is 3.93. The number of hydrogen-bond acceptors (Lipinski definition) is 5. The number of rotatable bonds is 13. The molecule has 200 valence electrons. The summed E-state index contributed by atoms with van der Waals surface area (Å²) in [6.45, 7) is 1.36. The van der Waals surface area contributed by atoms with Gasteiger partial charge in [-0.05, 0) is 59.0 Å². The maximum Gasteiger partial charge on any atom is 0.244 e. The molecule has 0 heterocycles. The fourth-order valence-electron chi connectivity index (χ4n) is 3.93. The average Bonchev–Trinajstić information content (AvgIpc) is 2.99. The van der Waals surface area contributed by atoms with Gasteiger partial charge in [0.1, 0.15) is 13.2 Å². The van der Waals surface area contributed by atoms with Crippen molar-refractivity contribution in [2.75, 3.05) is 20.8 Å². The Labute approximate surface area is 229 Å². The molecular formula is C33H33NO5. The summed E-state index contributed by atoms with van der Waals surface area (Å²) in [5, 5.41) is 2.94. The van der Waals surface area contributed by atoms with E-state index in [1.807, 2.05) is 97.1 Å². The number of ether oxygens (including phenoxy) is 4. The van der Waals surface area contributed by atoms with Crippen LogP contribution < -0.4 is 24.3 Å². The van der Waals surface area contributed by atoms with E-state index in [0.717, 1.165) is 22.3 Å². The molecule has 0 aliphatic rings. The Balaban J connectivity index is 1.29. The zero-order chi connectivity index (χ0) is 27.3. The van der Waals surface area contributed by atoms with E-state index in [1.165, 1.54) is 6.08 Å². The summed E-state index contributed by atoms with van der Waals surface area (Å²) in [5.74, 6) is 2.43. The molecule has 0 unspecified atom stereocenters. The second-order valence-corrected chi connectivity index (χ2v) is 8.82. The van der Waals surface area contributed by atoms with Crippen molar-refractivity contribution in [1.82, 2.24) is 5.32 Å². The van der Waals surface area contributed by atoms with Crippen LogP contribution in [-0.4, -0.2) is 26.7 Å². The molecule has 1 N–H and O–H groups in total. The minimum Gasteiger partial charge on any atom is -0.493 e. The molecule has 0 aliphatic heterocycles. The fourth-order valence-corrected chi connectivity index (χ4v) is 3.93. The summed E-state index contributed by atoms with van der Waals surface area (Å²) >= 11 is 0. The SMILES string of the molecule is COc1ccc(/C=C/C(=O)NCCc2ccc(OC)c(OCc3ccccc3)c2)cc1OCc1ccccc1. The molecule has 0 aliphatic carbocycles. The third kappa shape index (κ3) is 8.40. The van der Waals surface area contributed by atoms with Crippen molar-refractivity contribution in [3.8, 4) is 23.0 Å². The Hall–Kier alpha value is -4.71. The zero-order valence-corrected chi connectivity index (χ0v) is 22.3. The minimum atomic E-state index is -0.174. The molecule has 39 heavy (non-hydrogen) atoms. The van der Waals surface area contributed by atoms with Crippen molar-refractivity contribution in [3.05, 3.63) is 125 Å². The van der Waals surface area contributed by atoms with Crippen LogP contribution in [0.3, 0.4) is 0 Å². The number of carbonyl (C=O) groups excluding carboxylic acids is 1. The highest BCUT2D eigenvalue weighted by Gasteiger charge is 2.08. The maximum absolute atomic E-state index is 12.5. The lowest BCUT2D eigenvalue weighted by atomic mass is 10.1. The van der Waals surface area contributed by atoms with Crippen LogP contribution in [0.1, 0.15) is 22.3 Å². The van der Waals surface area contributed by atoms with Crippen LogP contribution in [0.15, 0.2) is 103 Å². The standard InChI is InChI=1S/C33H33NO5/c1-36-29-16-13-25(21-31(29)38-23-27-9-5-3-6-10-27)15-18-33(35)34-20-19-26-14-17-30(37-2)32(22-26)39-24-28-11-7-4-8-12-28/h3-18,21-22H,19-20,23-24H2,1-2H3,(H,34,35)/b18-15+. The topological polar surface area (TPSA) is 66.0 Å². The van der Waals surface area contributed by atoms with Crippen LogP contribution in [0.2, 0.25) is 0 Å². The molecule has 0 spiro atoms. The molecule has 0 aromatic heterocycles. The monoisotopic (exact) mass is 523 g/mol. The Kier molecular flexibility index (Phi) is 10.0. The molecule has 0 saturated heterocycles. The predicted octanol–water partition coefficient (Wildman–Crippen LogP) is 6.23. The quantitative estimate of drug-likeness (QED) is 0.210. The second-order valence-electron chi connectivity index (χ2n) is 8.82. The molecule has 4 aromatic carbocycles. The minimum absolute atomic E-state index is 0.174. The number of hydrogen-bond donors (Lipinski definition) is 1. The summed E-state index contributed by atoms with van der Waals surface area (Å²) in [4.78, 5) is 12.5. The molecule has 6 heteroatoms. The van der Waals surface area contributed by atoms with Crippen LogP contribution in [0.5, 0.6) is 23.0 Å². The molecule has 4 rings (SSSR count). The van der Waals surface area contributed by atoms with E-state index in [1.54, 1.807) is 20.3 Å². The van der Waals surface area contributed by atoms with Gasteiger partial charge in [0, 0.05) is 12.6 Å². The first kappa shape index (κ1) is 27.3. The smallest absolute Gasteiger partial charge is 0.244 e. The third-order valence-corrected chi connectivity index (χ3v) is 6.03. The van der Waals surface area contributed by atoms with E-state index < -0.39 is 0 Å². The number of methoxy groups -OCH3 is 2. The molecule has 0 fully saturated rings. The summed E-state index contributed by atoms with van der Waals surface area (Å²) in [6, 6.07) is 31.3. The van der Waals surface area contributed by atoms with Gasteiger partial charge in [0.05, 0.1) is 14.2 Å². The number of benzene rings is 4. The normalized spacial score (nSPS) is 10.7. The summed E-state index contributed by atoms with van der Waals surface area (Å²) in [7, 11) is 3.23. The van der Waals surface area contributed by atoms with Crippen LogP contribution in [0, 0.1) is 0 Å². The molecule has 0 atom stereocenters. The Morgan fingerprint density at radius 2 is 1.23 bits per heavy atom. The van der Waals surface area contributed by atoms with Crippen LogP contribution >= 0.6 is 0 Å². The Bertz CT molecular complexity index is 1370. The Morgan fingerprint density at radius 1 is 0.667 bits per heavy atom. The lowest BCUT2D eigenvalue weighted by molar-refractivity contribution is -0.116. The lowest BCUT2D eigenvalue weighted by Crippen LogP contribution is -2.23. The van der Waals surface area contributed by atoms with Crippen molar-refractivity contribution >= 4 is 12.0 Å². The van der Waals surface area contributed by atoms with Gasteiger partial charge < -0.3 is 24.3 Å². The maximum atomic E-state index is 12.5. The number of nitrogens with one attached hydrogen (secondary N) is 1. The van der Waals surface area contributed by atoms with Gasteiger partial charge in [-0.15, -0.1) is 0 Å². The van der Waals surface area contributed by atoms with Crippen molar-refractivity contribution < 1.29 is 23.7 Å². The van der Waals surface area contributed by atoms with E-state index in [-0.39, 0.29) is 5.91 Å². The largest absolute Gasteiger partial charge is 0.493 e. The molecule has 4 aromatic rings. The average molecular weight is 524 g/mol. The van der Waals surface area contributed by atoms with Crippen LogP contribution in [-0.2, 0) is 24.4 Å². The summed E-state index contributed by atoms with van der Waals surface area (Å²) < 4.78 is 22.8.